The second kappa shape index (κ2) is 9.74. The van der Waals surface area contributed by atoms with E-state index in [0.717, 1.165) is 22.5 Å². The first-order valence-corrected chi connectivity index (χ1v) is 12.7. The molecule has 37 heavy (non-hydrogen) atoms. The van der Waals surface area contributed by atoms with E-state index in [0.29, 0.717) is 24.2 Å². The number of likely N-dealkylation sites (tertiary alicyclic amines) is 1. The second-order valence-corrected chi connectivity index (χ2v) is 10.6. The molecule has 1 N–H and O–H groups in total. The van der Waals surface area contributed by atoms with Crippen LogP contribution in [0.1, 0.15) is 56.5 Å². The number of oxime groups is 1. The maximum absolute atomic E-state index is 14.2. The molecule has 2 aromatic carbocycles. The Morgan fingerprint density at radius 1 is 1.19 bits per heavy atom. The summed E-state index contributed by atoms with van der Waals surface area (Å²) in [6.45, 7) is 7.95. The van der Waals surface area contributed by atoms with Crippen molar-refractivity contribution in [3.05, 3.63) is 77.4 Å². The molecule has 7 nitrogen and oxygen atoms in total. The zero-order valence-corrected chi connectivity index (χ0v) is 21.5. The first kappa shape index (κ1) is 25.1. The molecule has 0 bridgehead atoms. The lowest BCUT2D eigenvalue weighted by molar-refractivity contribution is -0.134. The van der Waals surface area contributed by atoms with Crippen LogP contribution in [0.15, 0.2) is 64.3 Å². The Labute approximate surface area is 215 Å². The summed E-state index contributed by atoms with van der Waals surface area (Å²) in [6, 6.07) is 15.7. The number of halogens is 1. The van der Waals surface area contributed by atoms with Crippen LogP contribution in [0.3, 0.4) is 0 Å². The van der Waals surface area contributed by atoms with Gasteiger partial charge in [-0.25, -0.2) is 4.39 Å². The third kappa shape index (κ3) is 4.78. The number of aryl methyl sites for hydroxylation is 1. The zero-order valence-electron chi connectivity index (χ0n) is 21.5. The number of hydrogen-bond donors (Lipinski definition) is 1. The molecule has 0 saturated carbocycles. The maximum atomic E-state index is 14.2. The van der Waals surface area contributed by atoms with Gasteiger partial charge in [0.2, 0.25) is 5.91 Å². The molecular formula is C29H32FN3O4. The Kier molecular flexibility index (Phi) is 6.62. The molecule has 2 aliphatic heterocycles. The van der Waals surface area contributed by atoms with Crippen LogP contribution >= 0.6 is 0 Å². The van der Waals surface area contributed by atoms with Gasteiger partial charge in [0, 0.05) is 31.0 Å². The standard InChI is InChI=1S/C29H32FN3O4/c1-17(2)27(26-13-18(3)31-36-26)28(35)33-16-21(34)14-25(33)24-15-29(4,37-32-24)20-11-9-19(10-12-20)22-7-5-6-8-23(22)30/h5-13,17,21,25,27,34H,14-16H2,1-4H3. The highest BCUT2D eigenvalue weighted by Crippen LogP contribution is 2.39. The van der Waals surface area contributed by atoms with Crippen molar-refractivity contribution >= 4 is 11.6 Å². The molecule has 1 amide bonds. The molecule has 3 heterocycles. The van der Waals surface area contributed by atoms with Gasteiger partial charge in [0.05, 0.1) is 23.6 Å². The van der Waals surface area contributed by atoms with Crippen molar-refractivity contribution in [2.75, 3.05) is 6.54 Å². The van der Waals surface area contributed by atoms with Crippen LogP contribution in [0.5, 0.6) is 0 Å². The van der Waals surface area contributed by atoms with E-state index < -0.39 is 17.6 Å². The van der Waals surface area contributed by atoms with E-state index in [1.54, 1.807) is 23.1 Å². The topological polar surface area (TPSA) is 88.2 Å². The average Bonchev–Trinajstić information content (AvgIpc) is 3.58. The van der Waals surface area contributed by atoms with Gasteiger partial charge in [-0.05, 0) is 37.0 Å². The Morgan fingerprint density at radius 3 is 2.57 bits per heavy atom. The molecule has 0 spiro atoms. The van der Waals surface area contributed by atoms with E-state index in [4.69, 9.17) is 9.36 Å². The number of aromatic nitrogens is 1. The van der Waals surface area contributed by atoms with E-state index >= 15 is 0 Å². The largest absolute Gasteiger partial charge is 0.391 e. The smallest absolute Gasteiger partial charge is 0.234 e. The minimum absolute atomic E-state index is 0.0155. The summed E-state index contributed by atoms with van der Waals surface area (Å²) in [7, 11) is 0. The monoisotopic (exact) mass is 505 g/mol. The number of aliphatic hydroxyl groups is 1. The van der Waals surface area contributed by atoms with Crippen molar-refractivity contribution in [1.82, 2.24) is 10.1 Å². The fraction of sp³-hybridized carbons (Fsp3) is 0.414. The van der Waals surface area contributed by atoms with Gasteiger partial charge in [0.1, 0.15) is 17.5 Å². The minimum Gasteiger partial charge on any atom is -0.391 e. The first-order valence-electron chi connectivity index (χ1n) is 12.7. The molecule has 3 aromatic rings. The predicted octanol–water partition coefficient (Wildman–Crippen LogP) is 5.18. The number of carbonyl (C=O) groups is 1. The zero-order chi connectivity index (χ0) is 26.3. The summed E-state index contributed by atoms with van der Waals surface area (Å²) in [4.78, 5) is 21.4. The average molecular weight is 506 g/mol. The van der Waals surface area contributed by atoms with Crippen molar-refractivity contribution in [3.63, 3.8) is 0 Å². The Morgan fingerprint density at radius 2 is 1.92 bits per heavy atom. The number of amides is 1. The van der Waals surface area contributed by atoms with Crippen LogP contribution in [0.2, 0.25) is 0 Å². The van der Waals surface area contributed by atoms with Crippen LogP contribution in [0.25, 0.3) is 11.1 Å². The summed E-state index contributed by atoms with van der Waals surface area (Å²) in [6.07, 6.45) is 0.227. The summed E-state index contributed by atoms with van der Waals surface area (Å²) >= 11 is 0. The van der Waals surface area contributed by atoms with Crippen LogP contribution in [-0.4, -0.2) is 45.5 Å². The van der Waals surface area contributed by atoms with Crippen molar-refractivity contribution in [1.29, 1.82) is 0 Å². The molecule has 1 fully saturated rings. The van der Waals surface area contributed by atoms with Crippen LogP contribution in [0.4, 0.5) is 4.39 Å². The van der Waals surface area contributed by atoms with Crippen molar-refractivity contribution in [2.24, 2.45) is 11.1 Å². The number of benzene rings is 2. The number of rotatable bonds is 6. The summed E-state index contributed by atoms with van der Waals surface area (Å²) in [5.74, 6) is -0.373. The maximum Gasteiger partial charge on any atom is 0.234 e. The molecule has 5 rings (SSSR count). The molecule has 0 radical (unpaired) electrons. The highest BCUT2D eigenvalue weighted by Gasteiger charge is 2.46. The number of hydrogen-bond acceptors (Lipinski definition) is 6. The highest BCUT2D eigenvalue weighted by molar-refractivity contribution is 5.96. The molecule has 4 unspecified atom stereocenters. The first-order chi connectivity index (χ1) is 17.7. The normalized spacial score (nSPS) is 24.3. The third-order valence-electron chi connectivity index (χ3n) is 7.40. The van der Waals surface area contributed by atoms with E-state index in [9.17, 15) is 14.3 Å². The molecule has 194 valence electrons. The fourth-order valence-electron chi connectivity index (χ4n) is 5.42. The van der Waals surface area contributed by atoms with Crippen molar-refractivity contribution < 1.29 is 23.7 Å². The van der Waals surface area contributed by atoms with Gasteiger partial charge in [-0.3, -0.25) is 4.79 Å². The Hall–Kier alpha value is -3.52. The quantitative estimate of drug-likeness (QED) is 0.499. The number of nitrogens with zero attached hydrogens (tertiary/aromatic N) is 3. The molecule has 8 heteroatoms. The third-order valence-corrected chi connectivity index (χ3v) is 7.40. The van der Waals surface area contributed by atoms with Gasteiger partial charge in [-0.15, -0.1) is 0 Å². The van der Waals surface area contributed by atoms with Crippen molar-refractivity contribution in [2.45, 2.75) is 64.2 Å². The lowest BCUT2D eigenvalue weighted by Crippen LogP contribution is -2.44. The molecular weight excluding hydrogens is 473 g/mol. The summed E-state index contributed by atoms with van der Waals surface area (Å²) < 4.78 is 19.7. The van der Waals surface area contributed by atoms with Crippen LogP contribution in [0, 0.1) is 18.7 Å². The summed E-state index contributed by atoms with van der Waals surface area (Å²) in [5.41, 5.74) is 2.94. The second-order valence-electron chi connectivity index (χ2n) is 10.6. The van der Waals surface area contributed by atoms with E-state index in [-0.39, 0.29) is 30.2 Å². The molecule has 4 atom stereocenters. The predicted molar refractivity (Wildman–Crippen MR) is 137 cm³/mol. The molecule has 1 aromatic heterocycles. The minimum atomic E-state index is -0.731. The molecule has 0 aliphatic carbocycles. The Bertz CT molecular complexity index is 1320. The van der Waals surface area contributed by atoms with Crippen LogP contribution < -0.4 is 0 Å². The van der Waals surface area contributed by atoms with E-state index in [2.05, 4.69) is 10.3 Å². The van der Waals surface area contributed by atoms with Crippen molar-refractivity contribution in [3.8, 4) is 11.1 Å². The Balaban J connectivity index is 1.35. The molecule has 1 saturated heterocycles. The molecule has 2 aliphatic rings. The number of aliphatic hydroxyl groups excluding tert-OH is 1. The number of carbonyl (C=O) groups excluding carboxylic acids is 1. The van der Waals surface area contributed by atoms with Gasteiger partial charge in [0.25, 0.3) is 0 Å². The van der Waals surface area contributed by atoms with E-state index in [1.807, 2.05) is 58.0 Å². The van der Waals surface area contributed by atoms with Gasteiger partial charge in [-0.2, -0.15) is 0 Å². The van der Waals surface area contributed by atoms with Gasteiger partial charge in [-0.1, -0.05) is 66.6 Å². The number of β-amino-alcohol motifs (C(OH)–C–C–N with tert-alkyl or cyclic N) is 1. The van der Waals surface area contributed by atoms with Gasteiger partial charge >= 0.3 is 0 Å². The van der Waals surface area contributed by atoms with Gasteiger partial charge in [0.15, 0.2) is 5.60 Å². The highest BCUT2D eigenvalue weighted by atomic mass is 19.1. The SMILES string of the molecule is Cc1cc(C(C(=O)N2CC(O)CC2C2=NOC(C)(c3ccc(-c4ccccc4F)cc3)C2)C(C)C)on1. The van der Waals surface area contributed by atoms with Gasteiger partial charge < -0.3 is 19.4 Å². The summed E-state index contributed by atoms with van der Waals surface area (Å²) in [5, 5.41) is 18.9. The fourth-order valence-corrected chi connectivity index (χ4v) is 5.42. The lowest BCUT2D eigenvalue weighted by Gasteiger charge is -2.29. The lowest BCUT2D eigenvalue weighted by atomic mass is 9.87. The van der Waals surface area contributed by atoms with E-state index in [1.165, 1.54) is 6.07 Å². The van der Waals surface area contributed by atoms with Crippen LogP contribution in [-0.2, 0) is 15.2 Å².